The molecule has 1 aliphatic rings. The first kappa shape index (κ1) is 19.1. The van der Waals surface area contributed by atoms with Gasteiger partial charge in [-0.25, -0.2) is 4.79 Å². The molecule has 1 amide bonds. The number of carbonyl (C=O) groups is 2. The second-order valence-corrected chi connectivity index (χ2v) is 7.05. The smallest absolute Gasteiger partial charge is 0.335 e. The second kappa shape index (κ2) is 8.82. The van der Waals surface area contributed by atoms with Gasteiger partial charge in [-0.1, -0.05) is 42.5 Å². The van der Waals surface area contributed by atoms with E-state index in [-0.39, 0.29) is 17.5 Å². The molecule has 2 atom stereocenters. The number of amides is 1. The molecule has 0 saturated carbocycles. The van der Waals surface area contributed by atoms with E-state index in [1.165, 1.54) is 0 Å². The van der Waals surface area contributed by atoms with E-state index in [1.807, 2.05) is 35.2 Å². The van der Waals surface area contributed by atoms with E-state index in [1.54, 1.807) is 24.3 Å². The molecule has 2 unspecified atom stereocenters. The third-order valence-corrected chi connectivity index (χ3v) is 5.21. The van der Waals surface area contributed by atoms with Crippen molar-refractivity contribution < 1.29 is 19.8 Å². The lowest BCUT2D eigenvalue weighted by molar-refractivity contribution is -0.132. The van der Waals surface area contributed by atoms with Crippen molar-refractivity contribution in [2.75, 3.05) is 6.54 Å². The van der Waals surface area contributed by atoms with Crippen LogP contribution in [0.3, 0.4) is 0 Å². The molecule has 2 aromatic carbocycles. The summed E-state index contributed by atoms with van der Waals surface area (Å²) >= 11 is 0. The average molecular weight is 367 g/mol. The first-order valence-corrected chi connectivity index (χ1v) is 9.39. The van der Waals surface area contributed by atoms with Crippen LogP contribution in [0.2, 0.25) is 0 Å². The topological polar surface area (TPSA) is 77.8 Å². The van der Waals surface area contributed by atoms with E-state index >= 15 is 0 Å². The fourth-order valence-electron chi connectivity index (χ4n) is 3.69. The third-order valence-electron chi connectivity index (χ3n) is 5.21. The Hall–Kier alpha value is -2.66. The standard InChI is InChI=1S/C22H25NO4/c24-20(17-5-2-1-3-6-17)15-19-7-4-14-23(19)21(25)13-10-16-8-11-18(12-9-16)22(26)27/h1-3,5-6,8-9,11-12,19-20,24H,4,7,10,13-15H2,(H,26,27). The van der Waals surface area contributed by atoms with Gasteiger partial charge < -0.3 is 15.1 Å². The van der Waals surface area contributed by atoms with Gasteiger partial charge in [0.05, 0.1) is 11.7 Å². The molecule has 27 heavy (non-hydrogen) atoms. The molecule has 5 heteroatoms. The van der Waals surface area contributed by atoms with E-state index in [9.17, 15) is 14.7 Å². The second-order valence-electron chi connectivity index (χ2n) is 7.05. The highest BCUT2D eigenvalue weighted by Gasteiger charge is 2.30. The summed E-state index contributed by atoms with van der Waals surface area (Å²) in [5.74, 6) is -0.852. The highest BCUT2D eigenvalue weighted by atomic mass is 16.4. The van der Waals surface area contributed by atoms with Crippen molar-refractivity contribution in [2.24, 2.45) is 0 Å². The summed E-state index contributed by atoms with van der Waals surface area (Å²) in [6.07, 6.45) is 2.86. The van der Waals surface area contributed by atoms with Crippen molar-refractivity contribution in [3.05, 3.63) is 71.3 Å². The van der Waals surface area contributed by atoms with Crippen LogP contribution < -0.4 is 0 Å². The molecule has 0 bridgehead atoms. The summed E-state index contributed by atoms with van der Waals surface area (Å²) in [7, 11) is 0. The van der Waals surface area contributed by atoms with Gasteiger partial charge >= 0.3 is 5.97 Å². The number of likely N-dealkylation sites (tertiary alicyclic amines) is 1. The van der Waals surface area contributed by atoms with Gasteiger partial charge in [0.15, 0.2) is 0 Å². The summed E-state index contributed by atoms with van der Waals surface area (Å²) in [5.41, 5.74) is 2.09. The quantitative estimate of drug-likeness (QED) is 0.786. The lowest BCUT2D eigenvalue weighted by atomic mass is 10.00. The Kier molecular flexibility index (Phi) is 6.24. The molecular weight excluding hydrogens is 342 g/mol. The molecule has 1 heterocycles. The molecule has 3 rings (SSSR count). The third kappa shape index (κ3) is 4.95. The van der Waals surface area contributed by atoms with Gasteiger partial charge in [0.25, 0.3) is 0 Å². The SMILES string of the molecule is O=C(O)c1ccc(CCC(=O)N2CCCC2CC(O)c2ccccc2)cc1. The van der Waals surface area contributed by atoms with Gasteiger partial charge in [0.2, 0.25) is 5.91 Å². The van der Waals surface area contributed by atoms with Gasteiger partial charge in [-0.2, -0.15) is 0 Å². The molecule has 1 aliphatic heterocycles. The van der Waals surface area contributed by atoms with Crippen LogP contribution in [0.15, 0.2) is 54.6 Å². The van der Waals surface area contributed by atoms with Crippen molar-refractivity contribution in [1.29, 1.82) is 0 Å². The molecule has 2 N–H and O–H groups in total. The number of aliphatic hydroxyl groups excluding tert-OH is 1. The number of hydrogen-bond acceptors (Lipinski definition) is 3. The molecule has 142 valence electrons. The fraction of sp³-hybridized carbons (Fsp3) is 0.364. The number of aromatic carboxylic acids is 1. The first-order chi connectivity index (χ1) is 13.0. The predicted molar refractivity (Wildman–Crippen MR) is 102 cm³/mol. The van der Waals surface area contributed by atoms with E-state index in [4.69, 9.17) is 5.11 Å². The maximum absolute atomic E-state index is 12.7. The van der Waals surface area contributed by atoms with Gasteiger partial charge in [-0.3, -0.25) is 4.79 Å². The van der Waals surface area contributed by atoms with E-state index in [0.717, 1.165) is 30.5 Å². The largest absolute Gasteiger partial charge is 0.478 e. The molecular formula is C22H25NO4. The number of aryl methyl sites for hydroxylation is 1. The molecule has 5 nitrogen and oxygen atoms in total. The molecule has 0 aliphatic carbocycles. The Bertz CT molecular complexity index is 773. The summed E-state index contributed by atoms with van der Waals surface area (Å²) in [4.78, 5) is 25.5. The van der Waals surface area contributed by atoms with Crippen LogP contribution in [-0.2, 0) is 11.2 Å². The lowest BCUT2D eigenvalue weighted by Crippen LogP contribution is -2.36. The van der Waals surface area contributed by atoms with Crippen LogP contribution in [0, 0.1) is 0 Å². The zero-order valence-corrected chi connectivity index (χ0v) is 15.3. The number of aliphatic hydroxyl groups is 1. The zero-order valence-electron chi connectivity index (χ0n) is 15.3. The van der Waals surface area contributed by atoms with Gasteiger partial charge in [-0.05, 0) is 48.9 Å². The minimum absolute atomic E-state index is 0.0714. The maximum Gasteiger partial charge on any atom is 0.335 e. The molecule has 0 radical (unpaired) electrons. The Morgan fingerprint density at radius 1 is 1.07 bits per heavy atom. The highest BCUT2D eigenvalue weighted by Crippen LogP contribution is 2.28. The van der Waals surface area contributed by atoms with Crippen LogP contribution in [-0.4, -0.2) is 39.6 Å². The normalized spacial score (nSPS) is 17.7. The predicted octanol–water partition coefficient (Wildman–Crippen LogP) is 3.43. The van der Waals surface area contributed by atoms with Crippen molar-refractivity contribution >= 4 is 11.9 Å². The highest BCUT2D eigenvalue weighted by molar-refractivity contribution is 5.87. The Morgan fingerprint density at radius 2 is 1.78 bits per heavy atom. The van der Waals surface area contributed by atoms with Crippen molar-refractivity contribution in [3.8, 4) is 0 Å². The van der Waals surface area contributed by atoms with Gasteiger partial charge in [-0.15, -0.1) is 0 Å². The Morgan fingerprint density at radius 3 is 2.44 bits per heavy atom. The van der Waals surface area contributed by atoms with Crippen LogP contribution in [0.5, 0.6) is 0 Å². The van der Waals surface area contributed by atoms with Crippen LogP contribution in [0.25, 0.3) is 0 Å². The van der Waals surface area contributed by atoms with Crippen LogP contribution >= 0.6 is 0 Å². The monoisotopic (exact) mass is 367 g/mol. The fourth-order valence-corrected chi connectivity index (χ4v) is 3.69. The Balaban J connectivity index is 1.54. The number of carbonyl (C=O) groups excluding carboxylic acids is 1. The Labute approximate surface area is 159 Å². The number of carboxylic acid groups (broad SMARTS) is 1. The summed E-state index contributed by atoms with van der Waals surface area (Å²) in [6, 6.07) is 16.3. The van der Waals surface area contributed by atoms with Crippen molar-refractivity contribution in [1.82, 2.24) is 4.90 Å². The molecule has 1 fully saturated rings. The van der Waals surface area contributed by atoms with Crippen molar-refractivity contribution in [2.45, 2.75) is 44.2 Å². The number of benzene rings is 2. The summed E-state index contributed by atoms with van der Waals surface area (Å²) in [5, 5.41) is 19.4. The van der Waals surface area contributed by atoms with Crippen LogP contribution in [0.4, 0.5) is 0 Å². The number of hydrogen-bond donors (Lipinski definition) is 2. The van der Waals surface area contributed by atoms with Crippen LogP contribution in [0.1, 0.15) is 53.3 Å². The maximum atomic E-state index is 12.7. The lowest BCUT2D eigenvalue weighted by Gasteiger charge is -2.27. The number of carboxylic acids is 1. The number of rotatable bonds is 7. The minimum Gasteiger partial charge on any atom is -0.478 e. The molecule has 1 saturated heterocycles. The molecule has 0 spiro atoms. The van der Waals surface area contributed by atoms with Crippen molar-refractivity contribution in [3.63, 3.8) is 0 Å². The molecule has 2 aromatic rings. The minimum atomic E-state index is -0.950. The van der Waals surface area contributed by atoms with E-state index in [2.05, 4.69) is 0 Å². The molecule has 0 aromatic heterocycles. The van der Waals surface area contributed by atoms with Gasteiger partial charge in [0, 0.05) is 19.0 Å². The summed E-state index contributed by atoms with van der Waals surface area (Å²) in [6.45, 7) is 0.739. The number of nitrogens with zero attached hydrogens (tertiary/aromatic N) is 1. The van der Waals surface area contributed by atoms with E-state index in [0.29, 0.717) is 19.3 Å². The first-order valence-electron chi connectivity index (χ1n) is 9.39. The van der Waals surface area contributed by atoms with Gasteiger partial charge in [0.1, 0.15) is 0 Å². The summed E-state index contributed by atoms with van der Waals surface area (Å²) < 4.78 is 0. The zero-order chi connectivity index (χ0) is 19.2. The van der Waals surface area contributed by atoms with E-state index < -0.39 is 12.1 Å². The average Bonchev–Trinajstić information content (AvgIpc) is 3.15.